The van der Waals surface area contributed by atoms with Crippen molar-refractivity contribution in [3.63, 3.8) is 0 Å². The second kappa shape index (κ2) is 6.97. The van der Waals surface area contributed by atoms with Gasteiger partial charge in [0.2, 0.25) is 0 Å². The number of nitro groups is 1. The number of sulfonamides is 1. The molecule has 0 aliphatic rings. The predicted octanol–water partition coefficient (Wildman–Crippen LogP) is 2.94. The quantitative estimate of drug-likeness (QED) is 0.475. The van der Waals surface area contributed by atoms with Crippen LogP contribution in [0.25, 0.3) is 0 Å². The van der Waals surface area contributed by atoms with E-state index in [-0.39, 0.29) is 22.2 Å². The minimum atomic E-state index is -3.91. The van der Waals surface area contributed by atoms with Gasteiger partial charge in [-0.25, -0.2) is 13.2 Å². The van der Waals surface area contributed by atoms with Crippen molar-refractivity contribution in [3.05, 3.63) is 50.9 Å². The number of rotatable bonds is 6. The molecule has 0 bridgehead atoms. The minimum Gasteiger partial charge on any atom is -0.462 e. The first-order valence-corrected chi connectivity index (χ1v) is 9.09. The first kappa shape index (κ1) is 17.9. The maximum absolute atomic E-state index is 12.3. The van der Waals surface area contributed by atoms with Crippen LogP contribution in [-0.4, -0.2) is 25.9 Å². The Morgan fingerprint density at radius 3 is 2.50 bits per heavy atom. The highest BCUT2D eigenvalue weighted by Crippen LogP contribution is 2.29. The number of benzene rings is 1. The summed E-state index contributed by atoms with van der Waals surface area (Å²) < 4.78 is 31.9. The Kier molecular flexibility index (Phi) is 5.20. The van der Waals surface area contributed by atoms with Crippen molar-refractivity contribution in [2.45, 2.75) is 18.7 Å². The van der Waals surface area contributed by atoms with Gasteiger partial charge >= 0.3 is 5.97 Å². The lowest BCUT2D eigenvalue weighted by atomic mass is 10.3. The summed E-state index contributed by atoms with van der Waals surface area (Å²) in [7, 11) is -3.91. The number of aryl methyl sites for hydroxylation is 1. The zero-order valence-electron chi connectivity index (χ0n) is 12.8. The van der Waals surface area contributed by atoms with Crippen LogP contribution in [0.3, 0.4) is 0 Å². The van der Waals surface area contributed by atoms with Crippen LogP contribution in [0.4, 0.5) is 10.7 Å². The van der Waals surface area contributed by atoms with Gasteiger partial charge in [0.15, 0.2) is 0 Å². The van der Waals surface area contributed by atoms with E-state index in [1.165, 1.54) is 6.07 Å². The predicted molar refractivity (Wildman–Crippen MR) is 88.9 cm³/mol. The number of hydrogen-bond donors (Lipinski definition) is 1. The van der Waals surface area contributed by atoms with Gasteiger partial charge in [-0.15, -0.1) is 11.3 Å². The summed E-state index contributed by atoms with van der Waals surface area (Å²) in [6.45, 7) is 3.57. The molecule has 24 heavy (non-hydrogen) atoms. The van der Waals surface area contributed by atoms with Crippen LogP contribution in [0, 0.1) is 17.0 Å². The number of thiophene rings is 1. The van der Waals surface area contributed by atoms with E-state index in [0.29, 0.717) is 10.4 Å². The Bertz CT molecular complexity index is 871. The third kappa shape index (κ3) is 3.89. The normalized spacial score (nSPS) is 11.1. The number of carbonyl (C=O) groups is 1. The zero-order chi connectivity index (χ0) is 17.9. The number of esters is 1. The molecule has 0 aliphatic heterocycles. The van der Waals surface area contributed by atoms with Gasteiger partial charge in [-0.1, -0.05) is 0 Å². The molecule has 0 radical (unpaired) electrons. The molecule has 8 nitrogen and oxygen atoms in total. The second-order valence-corrected chi connectivity index (χ2v) is 7.43. The molecule has 0 spiro atoms. The Hall–Kier alpha value is -2.46. The molecule has 10 heteroatoms. The third-order valence-electron chi connectivity index (χ3n) is 2.97. The first-order chi connectivity index (χ1) is 11.2. The van der Waals surface area contributed by atoms with Crippen molar-refractivity contribution in [2.75, 3.05) is 11.3 Å². The van der Waals surface area contributed by atoms with E-state index in [4.69, 9.17) is 4.74 Å². The highest BCUT2D eigenvalue weighted by molar-refractivity contribution is 7.93. The Morgan fingerprint density at radius 2 is 1.96 bits per heavy atom. The third-order valence-corrected chi connectivity index (χ3v) is 5.61. The molecule has 0 amide bonds. The van der Waals surface area contributed by atoms with Gasteiger partial charge < -0.3 is 4.74 Å². The smallest absolute Gasteiger partial charge is 0.348 e. The highest BCUT2D eigenvalue weighted by Gasteiger charge is 2.20. The number of nitrogens with zero attached hydrogens (tertiary/aromatic N) is 1. The molecule has 1 heterocycles. The standard InChI is InChI=1S/C14H14N2O6S2/c1-3-22-14(17)13-9(2)8-12(23-13)15-24(20,21)11-6-4-10(5-7-11)16(18)19/h4-8,15H,3H2,1-2H3. The molecule has 0 atom stereocenters. The molecule has 1 aromatic carbocycles. The Labute approximate surface area is 142 Å². The average molecular weight is 370 g/mol. The number of carbonyl (C=O) groups excluding carboxylic acids is 1. The molecule has 2 rings (SSSR count). The zero-order valence-corrected chi connectivity index (χ0v) is 14.4. The van der Waals surface area contributed by atoms with Gasteiger partial charge in [0.05, 0.1) is 16.4 Å². The molecule has 0 saturated heterocycles. The fourth-order valence-corrected chi connectivity index (χ4v) is 4.12. The summed E-state index contributed by atoms with van der Waals surface area (Å²) in [5.41, 5.74) is 0.394. The number of nitrogens with one attached hydrogen (secondary N) is 1. The topological polar surface area (TPSA) is 116 Å². The van der Waals surface area contributed by atoms with Gasteiger partial charge in [-0.2, -0.15) is 0 Å². The lowest BCUT2D eigenvalue weighted by Crippen LogP contribution is -2.12. The Morgan fingerprint density at radius 1 is 1.33 bits per heavy atom. The molecular formula is C14H14N2O6S2. The van der Waals surface area contributed by atoms with E-state index in [1.54, 1.807) is 13.8 Å². The van der Waals surface area contributed by atoms with E-state index < -0.39 is 20.9 Å². The average Bonchev–Trinajstić information content (AvgIpc) is 2.87. The molecule has 0 fully saturated rings. The van der Waals surface area contributed by atoms with Crippen molar-refractivity contribution in [1.29, 1.82) is 0 Å². The van der Waals surface area contributed by atoms with E-state index >= 15 is 0 Å². The van der Waals surface area contributed by atoms with Gasteiger partial charge in [0.25, 0.3) is 15.7 Å². The largest absolute Gasteiger partial charge is 0.462 e. The maximum Gasteiger partial charge on any atom is 0.348 e. The van der Waals surface area contributed by atoms with Crippen molar-refractivity contribution >= 4 is 38.0 Å². The number of ether oxygens (including phenoxy) is 1. The van der Waals surface area contributed by atoms with Gasteiger partial charge in [0.1, 0.15) is 9.88 Å². The summed E-state index contributed by atoms with van der Waals surface area (Å²) in [5.74, 6) is -0.513. The van der Waals surface area contributed by atoms with E-state index in [0.717, 1.165) is 35.6 Å². The summed E-state index contributed by atoms with van der Waals surface area (Å²) in [4.78, 5) is 22.0. The molecule has 0 saturated carbocycles. The maximum atomic E-state index is 12.3. The molecule has 1 aromatic heterocycles. The summed E-state index contributed by atoms with van der Waals surface area (Å²) in [6, 6.07) is 6.04. The lowest BCUT2D eigenvalue weighted by Gasteiger charge is -2.05. The fraction of sp³-hybridized carbons (Fsp3) is 0.214. The lowest BCUT2D eigenvalue weighted by molar-refractivity contribution is -0.384. The number of nitro benzene ring substituents is 1. The second-order valence-electron chi connectivity index (χ2n) is 4.70. The van der Waals surface area contributed by atoms with Crippen LogP contribution in [0.15, 0.2) is 35.2 Å². The highest BCUT2D eigenvalue weighted by atomic mass is 32.2. The van der Waals surface area contributed by atoms with Crippen molar-refractivity contribution in [3.8, 4) is 0 Å². The van der Waals surface area contributed by atoms with Crippen molar-refractivity contribution in [1.82, 2.24) is 0 Å². The molecule has 0 unspecified atom stereocenters. The number of anilines is 1. The van der Waals surface area contributed by atoms with Crippen LogP contribution in [0.5, 0.6) is 0 Å². The number of non-ortho nitro benzene ring substituents is 1. The van der Waals surface area contributed by atoms with Crippen LogP contribution in [-0.2, 0) is 14.8 Å². The van der Waals surface area contributed by atoms with E-state index in [9.17, 15) is 23.3 Å². The number of hydrogen-bond acceptors (Lipinski definition) is 7. The van der Waals surface area contributed by atoms with Crippen LogP contribution in [0.2, 0.25) is 0 Å². The molecule has 128 valence electrons. The van der Waals surface area contributed by atoms with Crippen LogP contribution in [0.1, 0.15) is 22.2 Å². The van der Waals surface area contributed by atoms with Gasteiger partial charge in [-0.3, -0.25) is 14.8 Å². The molecule has 2 aromatic rings. The summed E-state index contributed by atoms with van der Waals surface area (Å²) in [6.07, 6.45) is 0. The van der Waals surface area contributed by atoms with E-state index in [2.05, 4.69) is 4.72 Å². The van der Waals surface area contributed by atoms with Crippen LogP contribution < -0.4 is 4.72 Å². The SMILES string of the molecule is CCOC(=O)c1sc(NS(=O)(=O)c2ccc([N+](=O)[O-])cc2)cc1C. The minimum absolute atomic E-state index is 0.114. The fourth-order valence-electron chi connectivity index (χ4n) is 1.87. The first-order valence-electron chi connectivity index (χ1n) is 6.79. The molecule has 1 N–H and O–H groups in total. The summed E-state index contributed by atoms with van der Waals surface area (Å²) >= 11 is 0.964. The van der Waals surface area contributed by atoms with Gasteiger partial charge in [-0.05, 0) is 37.6 Å². The van der Waals surface area contributed by atoms with Crippen molar-refractivity contribution < 1.29 is 22.9 Å². The van der Waals surface area contributed by atoms with Gasteiger partial charge in [0, 0.05) is 12.1 Å². The monoisotopic (exact) mass is 370 g/mol. The van der Waals surface area contributed by atoms with Crippen molar-refractivity contribution in [2.24, 2.45) is 0 Å². The molecule has 0 aliphatic carbocycles. The van der Waals surface area contributed by atoms with Crippen LogP contribution >= 0.6 is 11.3 Å². The molecular weight excluding hydrogens is 356 g/mol. The Balaban J connectivity index is 2.24. The van der Waals surface area contributed by atoms with E-state index in [1.807, 2.05) is 0 Å². The summed E-state index contributed by atoms with van der Waals surface area (Å²) in [5, 5.41) is 10.9.